The maximum absolute atomic E-state index is 4.16. The Balaban J connectivity index is 1.90. The van der Waals surface area contributed by atoms with Gasteiger partial charge in [-0.05, 0) is 18.8 Å². The zero-order valence-electron chi connectivity index (χ0n) is 9.03. The number of nitrogens with one attached hydrogen (secondary N) is 1. The Morgan fingerprint density at radius 3 is 3.00 bits per heavy atom. The first-order chi connectivity index (χ1) is 6.74. The van der Waals surface area contributed by atoms with Gasteiger partial charge in [-0.15, -0.1) is 0 Å². The summed E-state index contributed by atoms with van der Waals surface area (Å²) in [6.07, 6.45) is 9.30. The lowest BCUT2D eigenvalue weighted by Gasteiger charge is -2.27. The molecule has 0 radical (unpaired) electrons. The minimum absolute atomic E-state index is 0.656. The maximum atomic E-state index is 4.16. The summed E-state index contributed by atoms with van der Waals surface area (Å²) in [6.45, 7) is 2.34. The molecule has 1 fully saturated rings. The van der Waals surface area contributed by atoms with Gasteiger partial charge >= 0.3 is 0 Å². The average Bonchev–Trinajstić information content (AvgIpc) is 2.51. The van der Waals surface area contributed by atoms with E-state index in [1.54, 1.807) is 0 Å². The smallest absolute Gasteiger partial charge is 0.0728 e. The maximum Gasteiger partial charge on any atom is 0.0728 e. The van der Waals surface area contributed by atoms with E-state index in [9.17, 15) is 0 Å². The standard InChI is InChI=1S/C11H19N3/c1-9-4-3-5-10(6-9)13-11-7-12-14(2)8-11/h7-10,13H,3-6H2,1-2H3/t9-,10-/m0/s1. The van der Waals surface area contributed by atoms with Gasteiger partial charge in [-0.2, -0.15) is 5.10 Å². The van der Waals surface area contributed by atoms with Gasteiger partial charge in [-0.3, -0.25) is 4.68 Å². The molecule has 1 saturated carbocycles. The van der Waals surface area contributed by atoms with E-state index in [4.69, 9.17) is 0 Å². The van der Waals surface area contributed by atoms with Gasteiger partial charge in [0, 0.05) is 19.3 Å². The Morgan fingerprint density at radius 2 is 2.36 bits per heavy atom. The lowest BCUT2D eigenvalue weighted by molar-refractivity contribution is 0.358. The molecule has 0 aromatic carbocycles. The van der Waals surface area contributed by atoms with Crippen LogP contribution in [0.2, 0.25) is 0 Å². The third-order valence-electron chi connectivity index (χ3n) is 3.01. The summed E-state index contributed by atoms with van der Waals surface area (Å²) in [4.78, 5) is 0. The zero-order chi connectivity index (χ0) is 9.97. The number of hydrogen-bond acceptors (Lipinski definition) is 2. The molecule has 3 nitrogen and oxygen atoms in total. The van der Waals surface area contributed by atoms with E-state index >= 15 is 0 Å². The van der Waals surface area contributed by atoms with Crippen molar-refractivity contribution in [3.05, 3.63) is 12.4 Å². The molecule has 1 aliphatic rings. The van der Waals surface area contributed by atoms with Crippen molar-refractivity contribution >= 4 is 5.69 Å². The van der Waals surface area contributed by atoms with Gasteiger partial charge in [0.25, 0.3) is 0 Å². The van der Waals surface area contributed by atoms with Crippen molar-refractivity contribution in [2.45, 2.75) is 38.6 Å². The van der Waals surface area contributed by atoms with Crippen LogP contribution in [0.25, 0.3) is 0 Å². The molecule has 1 aromatic heterocycles. The fourth-order valence-electron chi connectivity index (χ4n) is 2.30. The van der Waals surface area contributed by atoms with Gasteiger partial charge in [-0.25, -0.2) is 0 Å². The van der Waals surface area contributed by atoms with Crippen LogP contribution < -0.4 is 5.32 Å². The first kappa shape index (κ1) is 9.56. The van der Waals surface area contributed by atoms with E-state index in [0.717, 1.165) is 11.6 Å². The number of rotatable bonds is 2. The molecule has 0 amide bonds. The lowest BCUT2D eigenvalue weighted by atomic mass is 9.87. The van der Waals surface area contributed by atoms with Crippen LogP contribution in [0.5, 0.6) is 0 Å². The molecular weight excluding hydrogens is 174 g/mol. The molecule has 0 bridgehead atoms. The normalized spacial score (nSPS) is 27.6. The van der Waals surface area contributed by atoms with Gasteiger partial charge in [0.1, 0.15) is 0 Å². The van der Waals surface area contributed by atoms with E-state index in [-0.39, 0.29) is 0 Å². The minimum atomic E-state index is 0.656. The van der Waals surface area contributed by atoms with Crippen LogP contribution >= 0.6 is 0 Å². The van der Waals surface area contributed by atoms with E-state index in [0.29, 0.717) is 6.04 Å². The average molecular weight is 193 g/mol. The van der Waals surface area contributed by atoms with Crippen LogP contribution in [0.4, 0.5) is 5.69 Å². The van der Waals surface area contributed by atoms with Crippen molar-refractivity contribution in [1.82, 2.24) is 9.78 Å². The number of aromatic nitrogens is 2. The summed E-state index contributed by atoms with van der Waals surface area (Å²) in [5.41, 5.74) is 1.16. The van der Waals surface area contributed by atoms with Crippen LogP contribution in [0.3, 0.4) is 0 Å². The Morgan fingerprint density at radius 1 is 1.50 bits per heavy atom. The van der Waals surface area contributed by atoms with E-state index < -0.39 is 0 Å². The summed E-state index contributed by atoms with van der Waals surface area (Å²) in [6, 6.07) is 0.656. The fraction of sp³-hybridized carbons (Fsp3) is 0.727. The van der Waals surface area contributed by atoms with Crippen molar-refractivity contribution < 1.29 is 0 Å². The quantitative estimate of drug-likeness (QED) is 0.781. The number of aryl methyl sites for hydroxylation is 1. The van der Waals surface area contributed by atoms with Crippen LogP contribution in [0.1, 0.15) is 32.6 Å². The summed E-state index contributed by atoms with van der Waals surface area (Å²) in [7, 11) is 1.95. The highest BCUT2D eigenvalue weighted by atomic mass is 15.3. The first-order valence-electron chi connectivity index (χ1n) is 5.49. The molecule has 1 N–H and O–H groups in total. The van der Waals surface area contributed by atoms with Crippen molar-refractivity contribution in [2.75, 3.05) is 5.32 Å². The fourth-order valence-corrected chi connectivity index (χ4v) is 2.30. The SMILES string of the molecule is C[C@H]1CCC[C@H](Nc2cnn(C)c2)C1. The van der Waals surface area contributed by atoms with E-state index in [1.807, 2.05) is 24.1 Å². The van der Waals surface area contributed by atoms with Crippen molar-refractivity contribution in [1.29, 1.82) is 0 Å². The molecule has 0 aliphatic heterocycles. The van der Waals surface area contributed by atoms with E-state index in [1.165, 1.54) is 25.7 Å². The van der Waals surface area contributed by atoms with Crippen molar-refractivity contribution in [3.63, 3.8) is 0 Å². The third kappa shape index (κ3) is 2.28. The molecule has 1 heterocycles. The zero-order valence-corrected chi connectivity index (χ0v) is 9.03. The highest BCUT2D eigenvalue weighted by Gasteiger charge is 2.18. The van der Waals surface area contributed by atoms with Crippen LogP contribution in [0, 0.1) is 5.92 Å². The summed E-state index contributed by atoms with van der Waals surface area (Å²) in [5.74, 6) is 0.873. The molecule has 2 rings (SSSR count). The van der Waals surface area contributed by atoms with Crippen LogP contribution in [-0.4, -0.2) is 15.8 Å². The van der Waals surface area contributed by atoms with E-state index in [2.05, 4.69) is 17.3 Å². The molecule has 1 aliphatic carbocycles. The molecule has 3 heteroatoms. The Hall–Kier alpha value is -0.990. The largest absolute Gasteiger partial charge is 0.380 e. The summed E-state index contributed by atoms with van der Waals surface area (Å²) < 4.78 is 1.84. The van der Waals surface area contributed by atoms with Crippen molar-refractivity contribution in [2.24, 2.45) is 13.0 Å². The predicted molar refractivity (Wildman–Crippen MR) is 58.3 cm³/mol. The Kier molecular flexibility index (Phi) is 2.75. The van der Waals surface area contributed by atoms with Gasteiger partial charge in [0.2, 0.25) is 0 Å². The Bertz CT molecular complexity index is 292. The number of anilines is 1. The first-order valence-corrected chi connectivity index (χ1v) is 5.49. The monoisotopic (exact) mass is 193 g/mol. The second-order valence-corrected chi connectivity index (χ2v) is 4.52. The molecule has 0 spiro atoms. The number of hydrogen-bond donors (Lipinski definition) is 1. The lowest BCUT2D eigenvalue weighted by Crippen LogP contribution is -2.25. The molecule has 0 unspecified atom stereocenters. The highest BCUT2D eigenvalue weighted by Crippen LogP contribution is 2.25. The minimum Gasteiger partial charge on any atom is -0.380 e. The van der Waals surface area contributed by atoms with Crippen LogP contribution in [0.15, 0.2) is 12.4 Å². The topological polar surface area (TPSA) is 29.9 Å². The molecule has 1 aromatic rings. The van der Waals surface area contributed by atoms with Gasteiger partial charge in [-0.1, -0.05) is 19.8 Å². The second-order valence-electron chi connectivity index (χ2n) is 4.52. The van der Waals surface area contributed by atoms with Crippen molar-refractivity contribution in [3.8, 4) is 0 Å². The van der Waals surface area contributed by atoms with Gasteiger partial charge in [0.15, 0.2) is 0 Å². The summed E-state index contributed by atoms with van der Waals surface area (Å²) in [5, 5.41) is 7.70. The number of nitrogens with zero attached hydrogens (tertiary/aromatic N) is 2. The summed E-state index contributed by atoms with van der Waals surface area (Å²) >= 11 is 0. The molecule has 78 valence electrons. The molecule has 0 saturated heterocycles. The highest BCUT2D eigenvalue weighted by molar-refractivity contribution is 5.39. The Labute approximate surface area is 85.5 Å². The van der Waals surface area contributed by atoms with Gasteiger partial charge < -0.3 is 5.32 Å². The molecule has 14 heavy (non-hydrogen) atoms. The molecular formula is C11H19N3. The second kappa shape index (κ2) is 4.03. The third-order valence-corrected chi connectivity index (χ3v) is 3.01. The van der Waals surface area contributed by atoms with Gasteiger partial charge in [0.05, 0.1) is 11.9 Å². The molecule has 2 atom stereocenters. The van der Waals surface area contributed by atoms with Crippen LogP contribution in [-0.2, 0) is 7.05 Å². The predicted octanol–water partition coefficient (Wildman–Crippen LogP) is 2.41.